The molecule has 0 saturated heterocycles. The summed E-state index contributed by atoms with van der Waals surface area (Å²) in [5.41, 5.74) is 0.791. The summed E-state index contributed by atoms with van der Waals surface area (Å²) in [6.07, 6.45) is 4.70. The van der Waals surface area contributed by atoms with Crippen LogP contribution in [0.5, 0.6) is 0 Å². The molecule has 0 unspecified atom stereocenters. The number of aliphatic hydroxyl groups is 1. The lowest BCUT2D eigenvalue weighted by molar-refractivity contribution is -0.118. The van der Waals surface area contributed by atoms with Crippen LogP contribution < -0.4 is 5.32 Å². The van der Waals surface area contributed by atoms with E-state index in [1.807, 2.05) is 24.3 Å². The van der Waals surface area contributed by atoms with E-state index in [9.17, 15) is 4.79 Å². The number of rotatable bonds is 6. The molecule has 0 aliphatic heterocycles. The van der Waals surface area contributed by atoms with Gasteiger partial charge in [0, 0.05) is 22.7 Å². The molecular weight excluding hydrogens is 320 g/mol. The molecule has 4 nitrogen and oxygen atoms in total. The highest BCUT2D eigenvalue weighted by Gasteiger charge is 2.23. The number of benzene rings is 1. The lowest BCUT2D eigenvalue weighted by Gasteiger charge is -2.27. The van der Waals surface area contributed by atoms with Crippen molar-refractivity contribution in [2.24, 2.45) is 0 Å². The van der Waals surface area contributed by atoms with Gasteiger partial charge in [0.05, 0.1) is 13.2 Å². The Morgan fingerprint density at radius 3 is 2.80 bits per heavy atom. The zero-order chi connectivity index (χ0) is 14.4. The van der Waals surface area contributed by atoms with Gasteiger partial charge in [0.1, 0.15) is 0 Å². The van der Waals surface area contributed by atoms with Gasteiger partial charge in [0.2, 0.25) is 5.91 Å². The van der Waals surface area contributed by atoms with E-state index >= 15 is 0 Å². The Morgan fingerprint density at radius 2 is 2.15 bits per heavy atom. The van der Waals surface area contributed by atoms with Crippen molar-refractivity contribution in [3.8, 4) is 0 Å². The lowest BCUT2D eigenvalue weighted by Crippen LogP contribution is -2.41. The molecule has 0 atom stereocenters. The number of nitrogens with zero attached hydrogens (tertiary/aromatic N) is 1. The minimum Gasteiger partial charge on any atom is -0.395 e. The molecule has 20 heavy (non-hydrogen) atoms. The van der Waals surface area contributed by atoms with Crippen molar-refractivity contribution in [1.29, 1.82) is 0 Å². The fourth-order valence-corrected chi connectivity index (χ4v) is 3.14. The van der Waals surface area contributed by atoms with Crippen LogP contribution >= 0.6 is 15.9 Å². The molecule has 110 valence electrons. The van der Waals surface area contributed by atoms with Crippen molar-refractivity contribution in [2.75, 3.05) is 25.0 Å². The first-order valence-corrected chi connectivity index (χ1v) is 7.88. The third kappa shape index (κ3) is 4.58. The topological polar surface area (TPSA) is 52.6 Å². The van der Waals surface area contributed by atoms with Crippen LogP contribution in [0.25, 0.3) is 0 Å². The molecule has 2 N–H and O–H groups in total. The average molecular weight is 341 g/mol. The Bertz CT molecular complexity index is 447. The van der Waals surface area contributed by atoms with Crippen LogP contribution in [-0.2, 0) is 4.79 Å². The summed E-state index contributed by atoms with van der Waals surface area (Å²) >= 11 is 3.39. The molecule has 1 saturated carbocycles. The fraction of sp³-hybridized carbons (Fsp3) is 0.533. The first kappa shape index (κ1) is 15.5. The summed E-state index contributed by atoms with van der Waals surface area (Å²) in [7, 11) is 0. The number of halogens is 1. The van der Waals surface area contributed by atoms with Crippen molar-refractivity contribution in [2.45, 2.75) is 31.7 Å². The van der Waals surface area contributed by atoms with Gasteiger partial charge in [-0.05, 0) is 31.0 Å². The molecule has 0 radical (unpaired) electrons. The molecule has 1 fully saturated rings. The van der Waals surface area contributed by atoms with Gasteiger partial charge in [-0.25, -0.2) is 0 Å². The van der Waals surface area contributed by atoms with Crippen LogP contribution in [0.3, 0.4) is 0 Å². The number of hydrogen-bond acceptors (Lipinski definition) is 3. The number of hydrogen-bond donors (Lipinski definition) is 2. The van der Waals surface area contributed by atoms with Gasteiger partial charge < -0.3 is 10.4 Å². The molecular formula is C15H21BrN2O2. The van der Waals surface area contributed by atoms with Crippen LogP contribution in [0.1, 0.15) is 25.7 Å². The van der Waals surface area contributed by atoms with E-state index in [1.165, 1.54) is 12.8 Å². The molecule has 0 spiro atoms. The minimum atomic E-state index is -0.0246. The Labute approximate surface area is 128 Å². The molecule has 0 aromatic heterocycles. The van der Waals surface area contributed by atoms with Crippen LogP contribution in [0.15, 0.2) is 28.7 Å². The van der Waals surface area contributed by atoms with E-state index in [2.05, 4.69) is 26.1 Å². The molecule has 2 rings (SSSR count). The molecule has 1 aromatic rings. The van der Waals surface area contributed by atoms with E-state index in [0.29, 0.717) is 19.1 Å². The summed E-state index contributed by atoms with van der Waals surface area (Å²) in [6, 6.07) is 8.00. The Kier molecular flexibility index (Phi) is 6.01. The zero-order valence-electron chi connectivity index (χ0n) is 11.5. The van der Waals surface area contributed by atoms with Crippen LogP contribution in [0.4, 0.5) is 5.69 Å². The highest BCUT2D eigenvalue weighted by atomic mass is 79.9. The molecule has 0 heterocycles. The number of aliphatic hydroxyl groups excluding tert-OH is 1. The summed E-state index contributed by atoms with van der Waals surface area (Å²) in [5, 5.41) is 12.1. The smallest absolute Gasteiger partial charge is 0.238 e. The van der Waals surface area contributed by atoms with Crippen molar-refractivity contribution < 1.29 is 9.90 Å². The van der Waals surface area contributed by atoms with Gasteiger partial charge in [-0.15, -0.1) is 0 Å². The number of anilines is 1. The molecule has 5 heteroatoms. The number of nitrogens with one attached hydrogen (secondary N) is 1. The molecule has 1 amide bonds. The van der Waals surface area contributed by atoms with Crippen LogP contribution in [-0.4, -0.2) is 41.7 Å². The molecule has 1 aliphatic carbocycles. The van der Waals surface area contributed by atoms with Gasteiger partial charge >= 0.3 is 0 Å². The SMILES string of the molecule is O=C(CN(CCO)C1CCCC1)Nc1cccc(Br)c1. The van der Waals surface area contributed by atoms with Gasteiger partial charge in [-0.2, -0.15) is 0 Å². The molecule has 1 aliphatic rings. The van der Waals surface area contributed by atoms with Crippen molar-refractivity contribution in [1.82, 2.24) is 4.90 Å². The van der Waals surface area contributed by atoms with Crippen molar-refractivity contribution in [3.05, 3.63) is 28.7 Å². The van der Waals surface area contributed by atoms with Crippen molar-refractivity contribution >= 4 is 27.5 Å². The van der Waals surface area contributed by atoms with Crippen LogP contribution in [0.2, 0.25) is 0 Å². The summed E-state index contributed by atoms with van der Waals surface area (Å²) in [5.74, 6) is -0.0246. The second kappa shape index (κ2) is 7.76. The largest absolute Gasteiger partial charge is 0.395 e. The lowest BCUT2D eigenvalue weighted by atomic mass is 10.2. The summed E-state index contributed by atoms with van der Waals surface area (Å²) in [4.78, 5) is 14.2. The normalized spacial score (nSPS) is 15.8. The summed E-state index contributed by atoms with van der Waals surface area (Å²) in [6.45, 7) is 1.01. The highest BCUT2D eigenvalue weighted by molar-refractivity contribution is 9.10. The molecule has 0 bridgehead atoms. The third-order valence-corrected chi connectivity index (χ3v) is 4.18. The first-order valence-electron chi connectivity index (χ1n) is 7.09. The zero-order valence-corrected chi connectivity index (χ0v) is 13.1. The minimum absolute atomic E-state index is 0.0246. The van der Waals surface area contributed by atoms with Crippen molar-refractivity contribution in [3.63, 3.8) is 0 Å². The Hall–Kier alpha value is -0.910. The number of carbonyl (C=O) groups is 1. The fourth-order valence-electron chi connectivity index (χ4n) is 2.74. The predicted molar refractivity (Wildman–Crippen MR) is 83.7 cm³/mol. The maximum atomic E-state index is 12.1. The van der Waals surface area contributed by atoms with Gasteiger partial charge in [0.15, 0.2) is 0 Å². The highest BCUT2D eigenvalue weighted by Crippen LogP contribution is 2.23. The monoisotopic (exact) mass is 340 g/mol. The first-order chi connectivity index (χ1) is 9.69. The summed E-state index contributed by atoms with van der Waals surface area (Å²) < 4.78 is 0.943. The van der Waals surface area contributed by atoms with E-state index in [4.69, 9.17) is 5.11 Å². The van der Waals surface area contributed by atoms with Gasteiger partial charge in [0.25, 0.3) is 0 Å². The molecule has 1 aromatic carbocycles. The van der Waals surface area contributed by atoms with E-state index in [-0.39, 0.29) is 12.5 Å². The van der Waals surface area contributed by atoms with E-state index in [0.717, 1.165) is 23.0 Å². The Morgan fingerprint density at radius 1 is 1.40 bits per heavy atom. The van der Waals surface area contributed by atoms with Gasteiger partial charge in [-0.3, -0.25) is 9.69 Å². The van der Waals surface area contributed by atoms with Crippen LogP contribution in [0, 0.1) is 0 Å². The quantitative estimate of drug-likeness (QED) is 0.836. The second-order valence-electron chi connectivity index (χ2n) is 5.19. The Balaban J connectivity index is 1.90. The number of carbonyl (C=O) groups excluding carboxylic acids is 1. The van der Waals surface area contributed by atoms with E-state index < -0.39 is 0 Å². The predicted octanol–water partition coefficient (Wildman–Crippen LogP) is 2.62. The maximum absolute atomic E-state index is 12.1. The van der Waals surface area contributed by atoms with E-state index in [1.54, 1.807) is 0 Å². The third-order valence-electron chi connectivity index (χ3n) is 3.68. The van der Waals surface area contributed by atoms with Gasteiger partial charge in [-0.1, -0.05) is 34.8 Å². The standard InChI is InChI=1S/C15H21BrN2O2/c16-12-4-3-5-13(10-12)17-15(20)11-18(8-9-19)14-6-1-2-7-14/h3-5,10,14,19H,1-2,6-9,11H2,(H,17,20). The maximum Gasteiger partial charge on any atom is 0.238 e. The second-order valence-corrected chi connectivity index (χ2v) is 6.11. The number of amides is 1. The average Bonchev–Trinajstić information content (AvgIpc) is 2.92.